The maximum absolute atomic E-state index is 13.5. The fourth-order valence-electron chi connectivity index (χ4n) is 1.64. The first-order valence-corrected chi connectivity index (χ1v) is 5.58. The van der Waals surface area contributed by atoms with Crippen molar-refractivity contribution in [1.82, 2.24) is 9.78 Å². The van der Waals surface area contributed by atoms with Gasteiger partial charge in [-0.15, -0.1) is 0 Å². The van der Waals surface area contributed by atoms with Crippen molar-refractivity contribution >= 4 is 0 Å². The van der Waals surface area contributed by atoms with Crippen LogP contribution in [0.25, 0.3) is 11.1 Å². The van der Waals surface area contributed by atoms with E-state index < -0.39 is 0 Å². The molecule has 0 aliphatic carbocycles. The van der Waals surface area contributed by atoms with Gasteiger partial charge in [0.2, 0.25) is 0 Å². The third-order valence-electron chi connectivity index (χ3n) is 2.56. The number of aryl methyl sites for hydroxylation is 1. The molecule has 3 heteroatoms. The zero-order valence-corrected chi connectivity index (χ0v) is 9.36. The Morgan fingerprint density at radius 3 is 2.88 bits per heavy atom. The van der Waals surface area contributed by atoms with Gasteiger partial charge in [-0.05, 0) is 12.5 Å². The summed E-state index contributed by atoms with van der Waals surface area (Å²) in [6.45, 7) is 3.03. The molecule has 1 aromatic carbocycles. The minimum absolute atomic E-state index is 0.197. The quantitative estimate of drug-likeness (QED) is 0.768. The van der Waals surface area contributed by atoms with Crippen LogP contribution >= 0.6 is 0 Å². The Kier molecular flexibility index (Phi) is 3.34. The summed E-state index contributed by atoms with van der Waals surface area (Å²) in [5.41, 5.74) is 1.46. The van der Waals surface area contributed by atoms with Gasteiger partial charge in [-0.3, -0.25) is 4.68 Å². The summed E-state index contributed by atoms with van der Waals surface area (Å²) < 4.78 is 15.4. The van der Waals surface area contributed by atoms with Crippen LogP contribution in [-0.4, -0.2) is 9.78 Å². The summed E-state index contributed by atoms with van der Waals surface area (Å²) in [4.78, 5) is 0. The largest absolute Gasteiger partial charge is 0.272 e. The van der Waals surface area contributed by atoms with E-state index in [2.05, 4.69) is 12.0 Å². The monoisotopic (exact) mass is 218 g/mol. The summed E-state index contributed by atoms with van der Waals surface area (Å²) in [7, 11) is 0. The number of nitrogens with zero attached hydrogens (tertiary/aromatic N) is 2. The van der Waals surface area contributed by atoms with E-state index >= 15 is 0 Å². The molecule has 0 bridgehead atoms. The Balaban J connectivity index is 2.22. The van der Waals surface area contributed by atoms with Gasteiger partial charge in [-0.1, -0.05) is 31.5 Å². The number of hydrogen-bond acceptors (Lipinski definition) is 1. The molecule has 0 N–H and O–H groups in total. The van der Waals surface area contributed by atoms with Crippen molar-refractivity contribution < 1.29 is 4.39 Å². The molecule has 2 rings (SSSR count). The zero-order valence-electron chi connectivity index (χ0n) is 9.36. The molecule has 1 heterocycles. The minimum atomic E-state index is -0.197. The lowest BCUT2D eigenvalue weighted by atomic mass is 10.1. The zero-order chi connectivity index (χ0) is 11.4. The highest BCUT2D eigenvalue weighted by molar-refractivity contribution is 5.62. The molecule has 0 atom stereocenters. The number of rotatable bonds is 4. The van der Waals surface area contributed by atoms with Gasteiger partial charge in [0, 0.05) is 23.9 Å². The van der Waals surface area contributed by atoms with E-state index in [4.69, 9.17) is 0 Å². The number of halogens is 1. The predicted molar refractivity (Wildman–Crippen MR) is 62.5 cm³/mol. The Labute approximate surface area is 94.7 Å². The minimum Gasteiger partial charge on any atom is -0.272 e. The van der Waals surface area contributed by atoms with Crippen molar-refractivity contribution in [2.75, 3.05) is 0 Å². The van der Waals surface area contributed by atoms with Crippen LogP contribution in [-0.2, 0) is 6.54 Å². The van der Waals surface area contributed by atoms with Gasteiger partial charge < -0.3 is 0 Å². The fraction of sp³-hybridized carbons (Fsp3) is 0.308. The van der Waals surface area contributed by atoms with Crippen LogP contribution in [0.2, 0.25) is 0 Å². The second-order valence-electron chi connectivity index (χ2n) is 3.83. The first kappa shape index (κ1) is 10.9. The van der Waals surface area contributed by atoms with Gasteiger partial charge in [0.1, 0.15) is 5.82 Å². The van der Waals surface area contributed by atoms with E-state index in [0.29, 0.717) is 5.56 Å². The molecule has 1 aromatic heterocycles. The molecule has 0 unspecified atom stereocenters. The second-order valence-corrected chi connectivity index (χ2v) is 3.83. The number of benzene rings is 1. The van der Waals surface area contributed by atoms with Gasteiger partial charge in [0.05, 0.1) is 6.20 Å². The molecule has 84 valence electrons. The van der Waals surface area contributed by atoms with E-state index in [-0.39, 0.29) is 5.82 Å². The lowest BCUT2D eigenvalue weighted by molar-refractivity contribution is 0.572. The second kappa shape index (κ2) is 4.92. The summed E-state index contributed by atoms with van der Waals surface area (Å²) in [5.74, 6) is -0.197. The Morgan fingerprint density at radius 2 is 2.12 bits per heavy atom. The first-order chi connectivity index (χ1) is 7.81. The van der Waals surface area contributed by atoms with Crippen LogP contribution in [0, 0.1) is 5.82 Å². The third-order valence-corrected chi connectivity index (χ3v) is 2.56. The summed E-state index contributed by atoms with van der Waals surface area (Å²) in [6, 6.07) is 6.78. The summed E-state index contributed by atoms with van der Waals surface area (Å²) in [6.07, 6.45) is 5.84. The van der Waals surface area contributed by atoms with Gasteiger partial charge >= 0.3 is 0 Å². The number of aromatic nitrogens is 2. The van der Waals surface area contributed by atoms with Crippen LogP contribution in [0.5, 0.6) is 0 Å². The highest BCUT2D eigenvalue weighted by Gasteiger charge is 2.05. The lowest BCUT2D eigenvalue weighted by Crippen LogP contribution is -1.96. The van der Waals surface area contributed by atoms with Crippen LogP contribution < -0.4 is 0 Å². The Hall–Kier alpha value is -1.64. The standard InChI is InChI=1S/C13H15FN2/c1-2-3-8-16-10-11(9-15-16)12-6-4-5-7-13(12)14/h4-7,9-10H,2-3,8H2,1H3. The van der Waals surface area contributed by atoms with Gasteiger partial charge in [0.25, 0.3) is 0 Å². The van der Waals surface area contributed by atoms with Crippen LogP contribution in [0.1, 0.15) is 19.8 Å². The maximum atomic E-state index is 13.5. The smallest absolute Gasteiger partial charge is 0.131 e. The van der Waals surface area contributed by atoms with E-state index in [1.807, 2.05) is 16.9 Å². The third kappa shape index (κ3) is 2.30. The molecular formula is C13H15FN2. The molecule has 16 heavy (non-hydrogen) atoms. The van der Waals surface area contributed by atoms with Gasteiger partial charge in [-0.2, -0.15) is 5.10 Å². The van der Waals surface area contributed by atoms with Crippen molar-refractivity contribution in [1.29, 1.82) is 0 Å². The van der Waals surface area contributed by atoms with Gasteiger partial charge in [0.15, 0.2) is 0 Å². The molecule has 0 saturated heterocycles. The number of hydrogen-bond donors (Lipinski definition) is 0. The average molecular weight is 218 g/mol. The molecule has 2 nitrogen and oxygen atoms in total. The van der Waals surface area contributed by atoms with Crippen molar-refractivity contribution in [3.8, 4) is 11.1 Å². The molecule has 0 fully saturated rings. The highest BCUT2D eigenvalue weighted by Crippen LogP contribution is 2.21. The Morgan fingerprint density at radius 1 is 1.31 bits per heavy atom. The van der Waals surface area contributed by atoms with Crippen molar-refractivity contribution in [2.24, 2.45) is 0 Å². The molecule has 0 amide bonds. The summed E-state index contributed by atoms with van der Waals surface area (Å²) >= 11 is 0. The van der Waals surface area contributed by atoms with E-state index in [0.717, 1.165) is 24.9 Å². The van der Waals surface area contributed by atoms with Crippen LogP contribution in [0.15, 0.2) is 36.7 Å². The number of unbranched alkanes of at least 4 members (excludes halogenated alkanes) is 1. The van der Waals surface area contributed by atoms with E-state index in [9.17, 15) is 4.39 Å². The van der Waals surface area contributed by atoms with Crippen molar-refractivity contribution in [3.05, 3.63) is 42.5 Å². The topological polar surface area (TPSA) is 17.8 Å². The molecule has 0 radical (unpaired) electrons. The molecular weight excluding hydrogens is 203 g/mol. The molecule has 0 aliphatic heterocycles. The average Bonchev–Trinajstić information content (AvgIpc) is 2.75. The van der Waals surface area contributed by atoms with Crippen LogP contribution in [0.4, 0.5) is 4.39 Å². The van der Waals surface area contributed by atoms with Crippen molar-refractivity contribution in [2.45, 2.75) is 26.3 Å². The van der Waals surface area contributed by atoms with Crippen molar-refractivity contribution in [3.63, 3.8) is 0 Å². The normalized spacial score (nSPS) is 10.6. The molecule has 0 spiro atoms. The van der Waals surface area contributed by atoms with Crippen LogP contribution in [0.3, 0.4) is 0 Å². The predicted octanol–water partition coefficient (Wildman–Crippen LogP) is 3.49. The molecule has 0 saturated carbocycles. The summed E-state index contributed by atoms with van der Waals surface area (Å²) in [5, 5.41) is 4.22. The maximum Gasteiger partial charge on any atom is 0.131 e. The molecule has 0 aliphatic rings. The molecule has 2 aromatic rings. The highest BCUT2D eigenvalue weighted by atomic mass is 19.1. The first-order valence-electron chi connectivity index (χ1n) is 5.58. The fourth-order valence-corrected chi connectivity index (χ4v) is 1.64. The van der Waals surface area contributed by atoms with Gasteiger partial charge in [-0.25, -0.2) is 4.39 Å². The SMILES string of the molecule is CCCCn1cc(-c2ccccc2F)cn1. The lowest BCUT2D eigenvalue weighted by Gasteiger charge is -1.99. The van der Waals surface area contributed by atoms with E-state index in [1.165, 1.54) is 6.07 Å². The Bertz CT molecular complexity index is 462. The van der Waals surface area contributed by atoms with E-state index in [1.54, 1.807) is 18.3 Å².